The molecule has 1 aromatic heterocycles. The highest BCUT2D eigenvalue weighted by Gasteiger charge is 2.11. The first-order valence-corrected chi connectivity index (χ1v) is 6.51. The number of aromatic nitrogens is 1. The van der Waals surface area contributed by atoms with Crippen molar-refractivity contribution in [3.05, 3.63) is 30.1 Å². The van der Waals surface area contributed by atoms with Crippen molar-refractivity contribution >= 4 is 0 Å². The van der Waals surface area contributed by atoms with Crippen LogP contribution >= 0.6 is 0 Å². The Morgan fingerprint density at radius 3 is 2.00 bits per heavy atom. The molecule has 17 heavy (non-hydrogen) atoms. The van der Waals surface area contributed by atoms with E-state index in [0.29, 0.717) is 0 Å². The standard InChI is InChI=1S/C14H23NO2/c1-3-5-11-16-14(17-12-6-4-2)13-7-9-15-10-8-13/h7-10,14H,3-6,11-12H2,1-2H3. The van der Waals surface area contributed by atoms with Crippen molar-refractivity contribution in [2.45, 2.75) is 45.8 Å². The Balaban J connectivity index is 2.46. The number of hydrogen-bond acceptors (Lipinski definition) is 3. The molecule has 1 rings (SSSR count). The zero-order valence-electron chi connectivity index (χ0n) is 10.9. The molecule has 0 saturated carbocycles. The van der Waals surface area contributed by atoms with Crippen LogP contribution in [0.3, 0.4) is 0 Å². The van der Waals surface area contributed by atoms with Crippen LogP contribution in [0.4, 0.5) is 0 Å². The Kier molecular flexibility index (Phi) is 7.60. The highest BCUT2D eigenvalue weighted by atomic mass is 16.7. The molecule has 0 unspecified atom stereocenters. The molecule has 0 aromatic carbocycles. The van der Waals surface area contributed by atoms with Gasteiger partial charge in [0.2, 0.25) is 0 Å². The van der Waals surface area contributed by atoms with Gasteiger partial charge < -0.3 is 9.47 Å². The minimum absolute atomic E-state index is 0.240. The van der Waals surface area contributed by atoms with E-state index in [1.54, 1.807) is 12.4 Å². The largest absolute Gasteiger partial charge is 0.348 e. The van der Waals surface area contributed by atoms with E-state index in [2.05, 4.69) is 18.8 Å². The predicted molar refractivity (Wildman–Crippen MR) is 68.7 cm³/mol. The second kappa shape index (κ2) is 9.14. The number of hydrogen-bond donors (Lipinski definition) is 0. The molecular formula is C14H23NO2. The van der Waals surface area contributed by atoms with E-state index in [-0.39, 0.29) is 6.29 Å². The third-order valence-corrected chi connectivity index (χ3v) is 2.51. The number of nitrogens with zero attached hydrogens (tertiary/aromatic N) is 1. The van der Waals surface area contributed by atoms with Crippen molar-refractivity contribution in [2.24, 2.45) is 0 Å². The molecule has 0 N–H and O–H groups in total. The summed E-state index contributed by atoms with van der Waals surface area (Å²) in [5.41, 5.74) is 1.05. The van der Waals surface area contributed by atoms with Gasteiger partial charge in [0.25, 0.3) is 0 Å². The van der Waals surface area contributed by atoms with Crippen molar-refractivity contribution in [3.8, 4) is 0 Å². The van der Waals surface area contributed by atoms with Crippen molar-refractivity contribution in [3.63, 3.8) is 0 Å². The lowest BCUT2D eigenvalue weighted by atomic mass is 10.2. The summed E-state index contributed by atoms with van der Waals surface area (Å²) in [5, 5.41) is 0. The number of ether oxygens (including phenoxy) is 2. The summed E-state index contributed by atoms with van der Waals surface area (Å²) in [4.78, 5) is 4.01. The number of pyridine rings is 1. The normalized spacial score (nSPS) is 11.0. The van der Waals surface area contributed by atoms with Gasteiger partial charge in [-0.2, -0.15) is 0 Å². The Hall–Kier alpha value is -0.930. The molecule has 3 nitrogen and oxygen atoms in total. The van der Waals surface area contributed by atoms with Crippen molar-refractivity contribution < 1.29 is 9.47 Å². The van der Waals surface area contributed by atoms with Crippen LogP contribution in [0.15, 0.2) is 24.5 Å². The topological polar surface area (TPSA) is 31.4 Å². The van der Waals surface area contributed by atoms with E-state index in [1.807, 2.05) is 12.1 Å². The predicted octanol–water partition coefficient (Wildman–Crippen LogP) is 3.71. The Morgan fingerprint density at radius 1 is 1.00 bits per heavy atom. The number of unbranched alkanes of at least 4 members (excludes halogenated alkanes) is 2. The molecular weight excluding hydrogens is 214 g/mol. The first kappa shape index (κ1) is 14.1. The molecule has 1 heterocycles. The molecule has 0 bridgehead atoms. The van der Waals surface area contributed by atoms with Crippen molar-refractivity contribution in [1.82, 2.24) is 4.98 Å². The highest BCUT2D eigenvalue weighted by Crippen LogP contribution is 2.19. The molecule has 0 fully saturated rings. The summed E-state index contributed by atoms with van der Waals surface area (Å²) in [7, 11) is 0. The lowest BCUT2D eigenvalue weighted by Crippen LogP contribution is -2.11. The van der Waals surface area contributed by atoms with Crippen LogP contribution in [0.2, 0.25) is 0 Å². The van der Waals surface area contributed by atoms with Gasteiger partial charge >= 0.3 is 0 Å². The van der Waals surface area contributed by atoms with Crippen molar-refractivity contribution in [1.29, 1.82) is 0 Å². The van der Waals surface area contributed by atoms with Crippen LogP contribution < -0.4 is 0 Å². The Labute approximate surface area is 104 Å². The summed E-state index contributed by atoms with van der Waals surface area (Å²) in [5.74, 6) is 0. The third kappa shape index (κ3) is 5.80. The lowest BCUT2D eigenvalue weighted by Gasteiger charge is -2.18. The van der Waals surface area contributed by atoms with Crippen LogP contribution in [0.1, 0.15) is 51.4 Å². The molecule has 0 aliphatic carbocycles. The monoisotopic (exact) mass is 237 g/mol. The summed E-state index contributed by atoms with van der Waals surface area (Å²) in [6, 6.07) is 3.89. The van der Waals surface area contributed by atoms with E-state index < -0.39 is 0 Å². The average Bonchev–Trinajstić information content (AvgIpc) is 2.38. The zero-order chi connectivity index (χ0) is 12.3. The van der Waals surface area contributed by atoms with Gasteiger partial charge in [-0.25, -0.2) is 0 Å². The van der Waals surface area contributed by atoms with Crippen molar-refractivity contribution in [2.75, 3.05) is 13.2 Å². The van der Waals surface area contributed by atoms with E-state index in [9.17, 15) is 0 Å². The molecule has 1 aromatic rings. The molecule has 0 amide bonds. The maximum atomic E-state index is 5.77. The lowest BCUT2D eigenvalue weighted by molar-refractivity contribution is -0.148. The fourth-order valence-corrected chi connectivity index (χ4v) is 1.43. The minimum atomic E-state index is -0.240. The second-order valence-electron chi connectivity index (χ2n) is 4.06. The van der Waals surface area contributed by atoms with Gasteiger partial charge in [-0.3, -0.25) is 4.98 Å². The first-order chi connectivity index (χ1) is 8.38. The molecule has 0 aliphatic rings. The third-order valence-electron chi connectivity index (χ3n) is 2.51. The SMILES string of the molecule is CCCCOC(OCCCC)c1ccncc1. The quantitative estimate of drug-likeness (QED) is 0.484. The molecule has 0 atom stereocenters. The zero-order valence-corrected chi connectivity index (χ0v) is 10.9. The smallest absolute Gasteiger partial charge is 0.183 e. The molecule has 0 aliphatic heterocycles. The Bertz CT molecular complexity index is 267. The van der Waals surface area contributed by atoms with Gasteiger partial charge in [0, 0.05) is 18.0 Å². The maximum absolute atomic E-state index is 5.77. The fraction of sp³-hybridized carbons (Fsp3) is 0.643. The highest BCUT2D eigenvalue weighted by molar-refractivity contribution is 5.11. The summed E-state index contributed by atoms with van der Waals surface area (Å²) >= 11 is 0. The molecule has 0 saturated heterocycles. The summed E-state index contributed by atoms with van der Waals surface area (Å²) < 4.78 is 11.5. The minimum Gasteiger partial charge on any atom is -0.348 e. The Morgan fingerprint density at radius 2 is 1.53 bits per heavy atom. The average molecular weight is 237 g/mol. The van der Waals surface area contributed by atoms with E-state index in [4.69, 9.17) is 9.47 Å². The van der Waals surface area contributed by atoms with Gasteiger partial charge in [-0.1, -0.05) is 26.7 Å². The van der Waals surface area contributed by atoms with E-state index in [0.717, 1.165) is 44.5 Å². The molecule has 3 heteroatoms. The molecule has 96 valence electrons. The van der Waals surface area contributed by atoms with Gasteiger partial charge in [0.05, 0.1) is 13.2 Å². The van der Waals surface area contributed by atoms with E-state index >= 15 is 0 Å². The van der Waals surface area contributed by atoms with Gasteiger partial charge in [0.1, 0.15) is 0 Å². The first-order valence-electron chi connectivity index (χ1n) is 6.51. The van der Waals surface area contributed by atoms with Crippen LogP contribution in [0.25, 0.3) is 0 Å². The summed E-state index contributed by atoms with van der Waals surface area (Å²) in [6.45, 7) is 5.80. The van der Waals surface area contributed by atoms with Crippen LogP contribution in [-0.4, -0.2) is 18.2 Å². The maximum Gasteiger partial charge on any atom is 0.183 e. The van der Waals surface area contributed by atoms with Crippen LogP contribution in [0, 0.1) is 0 Å². The van der Waals surface area contributed by atoms with Gasteiger partial charge in [0.15, 0.2) is 6.29 Å². The summed E-state index contributed by atoms with van der Waals surface area (Å²) in [6.07, 6.45) is 7.72. The number of rotatable bonds is 9. The van der Waals surface area contributed by atoms with Gasteiger partial charge in [-0.15, -0.1) is 0 Å². The van der Waals surface area contributed by atoms with Crippen LogP contribution in [0.5, 0.6) is 0 Å². The fourth-order valence-electron chi connectivity index (χ4n) is 1.43. The molecule has 0 radical (unpaired) electrons. The second-order valence-corrected chi connectivity index (χ2v) is 4.06. The van der Waals surface area contributed by atoms with Gasteiger partial charge in [-0.05, 0) is 25.0 Å². The van der Waals surface area contributed by atoms with Crippen LogP contribution in [-0.2, 0) is 9.47 Å². The molecule has 0 spiro atoms. The van der Waals surface area contributed by atoms with E-state index in [1.165, 1.54) is 0 Å².